The molecule has 1 spiro atoms. The number of imide groups is 1. The number of nitrogens with zero attached hydrogens (tertiary/aromatic N) is 1. The SMILES string of the molecule is CC(C)C1=CC23CCC4C(C)(C(=O)CNC(N)=O)CCCC4(C)C2CC1C1C(=O)N(c2ccccc2)C(=O)C13. The minimum absolute atomic E-state index is 0.0428. The van der Waals surface area contributed by atoms with Crippen molar-refractivity contribution in [3.8, 4) is 0 Å². The minimum Gasteiger partial charge on any atom is -0.352 e. The molecule has 8 atom stereocenters. The normalized spacial score (nSPS) is 40.6. The summed E-state index contributed by atoms with van der Waals surface area (Å²) in [5, 5.41) is 2.53. The lowest BCUT2D eigenvalue weighted by molar-refractivity contribution is -0.185. The molecule has 1 aliphatic heterocycles. The van der Waals surface area contributed by atoms with Gasteiger partial charge in [0.25, 0.3) is 0 Å². The van der Waals surface area contributed by atoms with E-state index in [1.54, 1.807) is 0 Å². The van der Waals surface area contributed by atoms with Crippen LogP contribution in [0.25, 0.3) is 0 Å². The van der Waals surface area contributed by atoms with Gasteiger partial charge in [-0.2, -0.15) is 0 Å². The van der Waals surface area contributed by atoms with Crippen molar-refractivity contribution in [2.45, 2.75) is 66.2 Å². The van der Waals surface area contributed by atoms with Gasteiger partial charge in [-0.3, -0.25) is 19.3 Å². The average molecular weight is 532 g/mol. The Labute approximate surface area is 230 Å². The van der Waals surface area contributed by atoms with Gasteiger partial charge in [-0.15, -0.1) is 0 Å². The van der Waals surface area contributed by atoms with Crippen LogP contribution < -0.4 is 16.0 Å². The monoisotopic (exact) mass is 531 g/mol. The van der Waals surface area contributed by atoms with E-state index in [0.29, 0.717) is 11.6 Å². The van der Waals surface area contributed by atoms with E-state index < -0.39 is 11.4 Å². The molecular formula is C32H41N3O4. The molecule has 7 nitrogen and oxygen atoms in total. The molecule has 4 fully saturated rings. The first-order chi connectivity index (χ1) is 18.5. The second-order valence-corrected chi connectivity index (χ2v) is 13.7. The van der Waals surface area contributed by atoms with Crippen LogP contribution in [0.3, 0.4) is 0 Å². The number of ketones is 1. The number of nitrogens with two attached hydrogens (primary N) is 1. The molecule has 0 aromatic heterocycles. The third kappa shape index (κ3) is 3.47. The van der Waals surface area contributed by atoms with E-state index in [1.807, 2.05) is 30.3 Å². The highest BCUT2D eigenvalue weighted by molar-refractivity contribution is 6.22. The van der Waals surface area contributed by atoms with E-state index in [-0.39, 0.29) is 64.6 Å². The van der Waals surface area contributed by atoms with Gasteiger partial charge in [0.15, 0.2) is 5.78 Å². The molecule has 7 rings (SSSR count). The molecule has 0 radical (unpaired) electrons. The fraction of sp³-hybridized carbons (Fsp3) is 0.625. The number of urea groups is 1. The van der Waals surface area contributed by atoms with Crippen molar-refractivity contribution in [1.29, 1.82) is 0 Å². The summed E-state index contributed by atoms with van der Waals surface area (Å²) in [6.07, 6.45) is 7.71. The summed E-state index contributed by atoms with van der Waals surface area (Å²) in [4.78, 5) is 54.8. The zero-order chi connectivity index (χ0) is 27.9. The number of hydrogen-bond acceptors (Lipinski definition) is 4. The molecule has 1 heterocycles. The van der Waals surface area contributed by atoms with E-state index in [4.69, 9.17) is 5.73 Å². The van der Waals surface area contributed by atoms with Gasteiger partial charge in [-0.05, 0) is 73.3 Å². The zero-order valence-corrected chi connectivity index (χ0v) is 23.5. The van der Waals surface area contributed by atoms with Crippen LogP contribution in [-0.2, 0) is 14.4 Å². The molecule has 8 unspecified atom stereocenters. The average Bonchev–Trinajstić information content (AvgIpc) is 3.18. The van der Waals surface area contributed by atoms with Gasteiger partial charge < -0.3 is 11.1 Å². The Bertz CT molecular complexity index is 1270. The second-order valence-electron chi connectivity index (χ2n) is 13.7. The van der Waals surface area contributed by atoms with Crippen molar-refractivity contribution in [1.82, 2.24) is 5.32 Å². The fourth-order valence-electron chi connectivity index (χ4n) is 10.2. The van der Waals surface area contributed by atoms with Crippen LogP contribution in [0.15, 0.2) is 42.0 Å². The van der Waals surface area contributed by atoms with Crippen LogP contribution in [-0.4, -0.2) is 30.2 Å². The number of Topliss-reactive ketones (excluding diaryl/α,β-unsaturated/α-hetero) is 1. The fourth-order valence-corrected chi connectivity index (χ4v) is 10.2. The molecule has 6 aliphatic rings. The Hall–Kier alpha value is -2.96. The molecular weight excluding hydrogens is 490 g/mol. The van der Waals surface area contributed by atoms with Gasteiger partial charge in [-0.25, -0.2) is 4.79 Å². The van der Waals surface area contributed by atoms with E-state index in [1.165, 1.54) is 10.5 Å². The number of nitrogens with one attached hydrogen (secondary N) is 1. The number of carbonyl (C=O) groups is 4. The van der Waals surface area contributed by atoms with Gasteiger partial charge in [-0.1, -0.05) is 64.0 Å². The van der Waals surface area contributed by atoms with Crippen LogP contribution >= 0.6 is 0 Å². The van der Waals surface area contributed by atoms with Crippen LogP contribution in [0.2, 0.25) is 0 Å². The molecule has 3 saturated carbocycles. The van der Waals surface area contributed by atoms with Gasteiger partial charge in [0.05, 0.1) is 24.1 Å². The second kappa shape index (κ2) is 8.77. The molecule has 4 amide bonds. The molecule has 7 heteroatoms. The Morgan fingerprint density at radius 1 is 1.05 bits per heavy atom. The van der Waals surface area contributed by atoms with Crippen molar-refractivity contribution >= 4 is 29.3 Å². The largest absolute Gasteiger partial charge is 0.352 e. The standard InChI is InChI=1S/C32H41N3O4/c1-18(2)21-16-32-14-11-22-30(3,12-8-13-31(22,4)24(36)17-34-29(33)39)23(32)15-20(21)25-26(32)28(38)35(27(25)37)19-9-6-5-7-10-19/h5-7,9-10,16,18,20,22-23,25-26H,8,11-15,17H2,1-4H3,(H3,33,34,39). The van der Waals surface area contributed by atoms with E-state index in [2.05, 4.69) is 39.1 Å². The molecule has 5 aliphatic carbocycles. The Morgan fingerprint density at radius 2 is 1.77 bits per heavy atom. The predicted molar refractivity (Wildman–Crippen MR) is 148 cm³/mol. The Morgan fingerprint density at radius 3 is 2.44 bits per heavy atom. The first-order valence-corrected chi connectivity index (χ1v) is 14.7. The van der Waals surface area contributed by atoms with Crippen LogP contribution in [0, 0.1) is 51.8 Å². The molecule has 208 valence electrons. The quantitative estimate of drug-likeness (QED) is 0.418. The van der Waals surface area contributed by atoms with Crippen molar-refractivity contribution in [3.05, 3.63) is 42.0 Å². The number of para-hydroxylation sites is 1. The third-order valence-electron chi connectivity index (χ3n) is 11.7. The molecule has 2 bridgehead atoms. The smallest absolute Gasteiger partial charge is 0.312 e. The van der Waals surface area contributed by atoms with Crippen LogP contribution in [0.1, 0.15) is 66.2 Å². The van der Waals surface area contributed by atoms with Gasteiger partial charge in [0, 0.05) is 10.8 Å². The summed E-state index contributed by atoms with van der Waals surface area (Å²) in [6.45, 7) is 8.80. The molecule has 3 N–H and O–H groups in total. The minimum atomic E-state index is -0.678. The number of anilines is 1. The number of benzene rings is 1. The first kappa shape index (κ1) is 26.3. The van der Waals surface area contributed by atoms with Gasteiger partial charge >= 0.3 is 6.03 Å². The summed E-state index contributed by atoms with van der Waals surface area (Å²) in [7, 11) is 0. The van der Waals surface area contributed by atoms with Crippen LogP contribution in [0.4, 0.5) is 10.5 Å². The lowest BCUT2D eigenvalue weighted by Gasteiger charge is -2.68. The van der Waals surface area contributed by atoms with Crippen molar-refractivity contribution < 1.29 is 19.2 Å². The topological polar surface area (TPSA) is 110 Å². The summed E-state index contributed by atoms with van der Waals surface area (Å²) in [6, 6.07) is 8.70. The zero-order valence-electron chi connectivity index (χ0n) is 23.5. The highest BCUT2D eigenvalue weighted by atomic mass is 16.2. The number of rotatable bonds is 5. The molecule has 1 aromatic carbocycles. The lowest BCUT2D eigenvalue weighted by Crippen LogP contribution is -2.65. The lowest BCUT2D eigenvalue weighted by atomic mass is 9.34. The highest BCUT2D eigenvalue weighted by Crippen LogP contribution is 2.74. The molecule has 1 aromatic rings. The van der Waals surface area contributed by atoms with E-state index in [9.17, 15) is 19.2 Å². The number of amides is 4. The van der Waals surface area contributed by atoms with E-state index >= 15 is 0 Å². The van der Waals surface area contributed by atoms with Crippen molar-refractivity contribution in [3.63, 3.8) is 0 Å². The maximum atomic E-state index is 14.3. The maximum absolute atomic E-state index is 14.3. The summed E-state index contributed by atoms with van der Waals surface area (Å²) >= 11 is 0. The molecule has 1 saturated heterocycles. The highest BCUT2D eigenvalue weighted by Gasteiger charge is 2.73. The summed E-state index contributed by atoms with van der Waals surface area (Å²) < 4.78 is 0. The van der Waals surface area contributed by atoms with Gasteiger partial charge in [0.2, 0.25) is 11.8 Å². The molecule has 39 heavy (non-hydrogen) atoms. The number of carbonyl (C=O) groups excluding carboxylic acids is 4. The number of primary amides is 1. The number of fused-ring (bicyclic) bond motifs is 1. The Balaban J connectivity index is 1.43. The van der Waals surface area contributed by atoms with Crippen molar-refractivity contribution in [2.75, 3.05) is 11.4 Å². The first-order valence-electron chi connectivity index (χ1n) is 14.7. The number of allylic oxidation sites excluding steroid dienone is 2. The Kier molecular flexibility index (Phi) is 5.91. The summed E-state index contributed by atoms with van der Waals surface area (Å²) in [5.74, 6) is 0.0274. The van der Waals surface area contributed by atoms with Crippen molar-refractivity contribution in [2.24, 2.45) is 57.5 Å². The van der Waals surface area contributed by atoms with Gasteiger partial charge in [0.1, 0.15) is 0 Å². The van der Waals surface area contributed by atoms with E-state index in [0.717, 1.165) is 38.5 Å². The summed E-state index contributed by atoms with van der Waals surface area (Å²) in [5.41, 5.74) is 6.22. The maximum Gasteiger partial charge on any atom is 0.312 e. The van der Waals surface area contributed by atoms with Crippen LogP contribution in [0.5, 0.6) is 0 Å². The number of hydrogen-bond donors (Lipinski definition) is 2. The predicted octanol–water partition coefficient (Wildman–Crippen LogP) is 4.85. The third-order valence-corrected chi connectivity index (χ3v) is 11.7.